The quantitative estimate of drug-likeness (QED) is 0.514. The molecule has 0 spiro atoms. The summed E-state index contributed by atoms with van der Waals surface area (Å²) in [6.07, 6.45) is 6.98. The van der Waals surface area contributed by atoms with Crippen molar-refractivity contribution in [3.8, 4) is 0 Å². The highest BCUT2D eigenvalue weighted by molar-refractivity contribution is 5.49. The van der Waals surface area contributed by atoms with Gasteiger partial charge in [0.1, 0.15) is 0 Å². The van der Waals surface area contributed by atoms with Crippen molar-refractivity contribution in [1.82, 2.24) is 0 Å². The van der Waals surface area contributed by atoms with E-state index >= 15 is 0 Å². The number of nitro benzene ring substituents is 1. The van der Waals surface area contributed by atoms with Crippen LogP contribution in [-0.4, -0.2) is 11.5 Å². The van der Waals surface area contributed by atoms with Gasteiger partial charge in [-0.2, -0.15) is 4.39 Å². The van der Waals surface area contributed by atoms with Crippen LogP contribution in [0.15, 0.2) is 30.4 Å². The highest BCUT2D eigenvalue weighted by Gasteiger charge is 2.35. The molecule has 4 nitrogen and oxygen atoms in total. The van der Waals surface area contributed by atoms with Crippen molar-refractivity contribution in [3.63, 3.8) is 0 Å². The van der Waals surface area contributed by atoms with Crippen molar-refractivity contribution in [2.24, 2.45) is 17.8 Å². The van der Waals surface area contributed by atoms with E-state index in [1.165, 1.54) is 25.0 Å². The lowest BCUT2D eigenvalue weighted by molar-refractivity contribution is -0.387. The fourth-order valence-corrected chi connectivity index (χ4v) is 3.14. The van der Waals surface area contributed by atoms with Crippen LogP contribution in [0.2, 0.25) is 0 Å². The number of benzene rings is 1. The second-order valence-electron chi connectivity index (χ2n) is 5.34. The first-order valence-electron chi connectivity index (χ1n) is 6.49. The number of nitro groups is 1. The third-order valence-corrected chi connectivity index (χ3v) is 4.13. The van der Waals surface area contributed by atoms with E-state index in [4.69, 9.17) is 0 Å². The SMILES string of the molecule is O=[N+]([O-])c1ccc(NCC2CC3C=CC2C3)cc1F. The zero-order chi connectivity index (χ0) is 13.4. The molecular weight excluding hydrogens is 247 g/mol. The molecule has 1 saturated carbocycles. The first kappa shape index (κ1) is 12.1. The van der Waals surface area contributed by atoms with E-state index < -0.39 is 16.4 Å². The van der Waals surface area contributed by atoms with Crippen LogP contribution in [0.4, 0.5) is 15.8 Å². The maximum atomic E-state index is 13.5. The molecule has 3 unspecified atom stereocenters. The molecule has 3 atom stereocenters. The minimum absolute atomic E-state index is 0.478. The molecule has 2 aliphatic carbocycles. The maximum absolute atomic E-state index is 13.5. The lowest BCUT2D eigenvalue weighted by Gasteiger charge is -2.19. The molecule has 1 N–H and O–H groups in total. The Bertz CT molecular complexity index is 544. The van der Waals surface area contributed by atoms with Crippen LogP contribution in [0, 0.1) is 33.7 Å². The van der Waals surface area contributed by atoms with Gasteiger partial charge in [-0.05, 0) is 36.7 Å². The number of nitrogens with zero attached hydrogens (tertiary/aromatic N) is 1. The molecule has 0 aromatic heterocycles. The highest BCUT2D eigenvalue weighted by atomic mass is 19.1. The van der Waals surface area contributed by atoms with E-state index in [2.05, 4.69) is 17.5 Å². The summed E-state index contributed by atoms with van der Waals surface area (Å²) >= 11 is 0. The summed E-state index contributed by atoms with van der Waals surface area (Å²) in [6.45, 7) is 0.794. The van der Waals surface area contributed by atoms with Gasteiger partial charge in [0, 0.05) is 24.4 Å². The molecule has 0 saturated heterocycles. The minimum Gasteiger partial charge on any atom is -0.385 e. The van der Waals surface area contributed by atoms with Crippen molar-refractivity contribution >= 4 is 11.4 Å². The monoisotopic (exact) mass is 262 g/mol. The summed E-state index contributed by atoms with van der Waals surface area (Å²) in [7, 11) is 0. The number of allylic oxidation sites excluding steroid dienone is 2. The van der Waals surface area contributed by atoms with Gasteiger partial charge in [0.05, 0.1) is 4.92 Å². The number of halogens is 1. The van der Waals surface area contributed by atoms with E-state index in [9.17, 15) is 14.5 Å². The predicted molar refractivity (Wildman–Crippen MR) is 70.4 cm³/mol. The van der Waals surface area contributed by atoms with Gasteiger partial charge >= 0.3 is 5.69 Å². The zero-order valence-electron chi connectivity index (χ0n) is 10.4. The Morgan fingerprint density at radius 3 is 2.79 bits per heavy atom. The number of fused-ring (bicyclic) bond motifs is 2. The third kappa shape index (κ3) is 2.32. The smallest absolute Gasteiger partial charge is 0.304 e. The standard InChI is InChI=1S/C14H15FN2O2/c15-13-7-12(3-4-14(13)17(18)19)16-8-11-6-9-1-2-10(11)5-9/h1-4,7,9-11,16H,5-6,8H2. The van der Waals surface area contributed by atoms with Gasteiger partial charge in [0.2, 0.25) is 5.82 Å². The van der Waals surface area contributed by atoms with E-state index in [-0.39, 0.29) is 0 Å². The van der Waals surface area contributed by atoms with E-state index in [0.29, 0.717) is 23.4 Å². The molecule has 1 aromatic rings. The first-order valence-corrected chi connectivity index (χ1v) is 6.49. The number of rotatable bonds is 4. The van der Waals surface area contributed by atoms with E-state index in [1.807, 2.05) is 0 Å². The van der Waals surface area contributed by atoms with Gasteiger partial charge in [0.25, 0.3) is 0 Å². The Balaban J connectivity index is 1.63. The Morgan fingerprint density at radius 2 is 2.21 bits per heavy atom. The molecule has 5 heteroatoms. The molecule has 19 heavy (non-hydrogen) atoms. The number of hydrogen-bond donors (Lipinski definition) is 1. The number of nitrogens with one attached hydrogen (secondary N) is 1. The van der Waals surface area contributed by atoms with Crippen molar-refractivity contribution in [2.75, 3.05) is 11.9 Å². The van der Waals surface area contributed by atoms with Crippen molar-refractivity contribution in [3.05, 3.63) is 46.3 Å². The van der Waals surface area contributed by atoms with Crippen molar-refractivity contribution in [1.29, 1.82) is 0 Å². The summed E-state index contributed by atoms with van der Waals surface area (Å²) in [5.74, 6) is 1.15. The third-order valence-electron chi connectivity index (χ3n) is 4.13. The molecule has 1 aromatic carbocycles. The average Bonchev–Trinajstić information content (AvgIpc) is 2.98. The molecule has 0 amide bonds. The molecule has 1 fully saturated rings. The van der Waals surface area contributed by atoms with Gasteiger partial charge < -0.3 is 5.32 Å². The molecule has 3 rings (SSSR count). The predicted octanol–water partition coefficient (Wildman–Crippen LogP) is 3.36. The normalized spacial score (nSPS) is 27.7. The van der Waals surface area contributed by atoms with Crippen LogP contribution in [0.3, 0.4) is 0 Å². The Labute approximate surface area is 110 Å². The molecule has 0 aliphatic heterocycles. The largest absolute Gasteiger partial charge is 0.385 e. The Kier molecular flexibility index (Phi) is 2.97. The average molecular weight is 262 g/mol. The fraction of sp³-hybridized carbons (Fsp3) is 0.429. The summed E-state index contributed by atoms with van der Waals surface area (Å²) in [5, 5.41) is 13.7. The van der Waals surface area contributed by atoms with Gasteiger partial charge in [-0.1, -0.05) is 12.2 Å². The first-order chi connectivity index (χ1) is 9.13. The molecule has 2 aliphatic rings. The van der Waals surface area contributed by atoms with E-state index in [1.54, 1.807) is 6.07 Å². The fourth-order valence-electron chi connectivity index (χ4n) is 3.14. The number of hydrogen-bond acceptors (Lipinski definition) is 3. The second kappa shape index (κ2) is 4.64. The summed E-state index contributed by atoms with van der Waals surface area (Å²) < 4.78 is 13.5. The summed E-state index contributed by atoms with van der Waals surface area (Å²) in [4.78, 5) is 9.82. The lowest BCUT2D eigenvalue weighted by Crippen LogP contribution is -2.18. The van der Waals surface area contributed by atoms with Gasteiger partial charge in [-0.15, -0.1) is 0 Å². The molecule has 100 valence electrons. The summed E-state index contributed by atoms with van der Waals surface area (Å²) in [5.41, 5.74) is 0.128. The lowest BCUT2D eigenvalue weighted by atomic mass is 9.93. The summed E-state index contributed by atoms with van der Waals surface area (Å²) in [6, 6.07) is 3.96. The van der Waals surface area contributed by atoms with Crippen LogP contribution >= 0.6 is 0 Å². The van der Waals surface area contributed by atoms with Crippen LogP contribution in [0.1, 0.15) is 12.8 Å². The second-order valence-corrected chi connectivity index (χ2v) is 5.34. The van der Waals surface area contributed by atoms with Crippen molar-refractivity contribution in [2.45, 2.75) is 12.8 Å². The highest BCUT2D eigenvalue weighted by Crippen LogP contribution is 2.43. The van der Waals surface area contributed by atoms with Gasteiger partial charge in [0.15, 0.2) is 0 Å². The van der Waals surface area contributed by atoms with Crippen molar-refractivity contribution < 1.29 is 9.31 Å². The Morgan fingerprint density at radius 1 is 1.37 bits per heavy atom. The van der Waals surface area contributed by atoms with Gasteiger partial charge in [-0.25, -0.2) is 0 Å². The van der Waals surface area contributed by atoms with Crippen LogP contribution in [0.5, 0.6) is 0 Å². The topological polar surface area (TPSA) is 55.2 Å². The van der Waals surface area contributed by atoms with E-state index in [0.717, 1.165) is 6.54 Å². The minimum atomic E-state index is -0.789. The van der Waals surface area contributed by atoms with Crippen LogP contribution in [-0.2, 0) is 0 Å². The van der Waals surface area contributed by atoms with Crippen LogP contribution < -0.4 is 5.32 Å². The van der Waals surface area contributed by atoms with Gasteiger partial charge in [-0.3, -0.25) is 10.1 Å². The van der Waals surface area contributed by atoms with Crippen LogP contribution in [0.25, 0.3) is 0 Å². The molecule has 2 bridgehead atoms. The molecule has 0 heterocycles. The molecule has 0 radical (unpaired) electrons. The number of anilines is 1. The molecular formula is C14H15FN2O2. The Hall–Kier alpha value is -1.91. The zero-order valence-corrected chi connectivity index (χ0v) is 10.4. The maximum Gasteiger partial charge on any atom is 0.304 e.